The molecule has 7 nitrogen and oxygen atoms in total. The van der Waals surface area contributed by atoms with Gasteiger partial charge in [0, 0.05) is 30.9 Å². The molecule has 0 radical (unpaired) electrons. The second-order valence-electron chi connectivity index (χ2n) is 7.22. The highest BCUT2D eigenvalue weighted by molar-refractivity contribution is 5.60. The number of oxazole rings is 1. The first kappa shape index (κ1) is 21.1. The minimum absolute atomic E-state index is 0.0775. The summed E-state index contributed by atoms with van der Waals surface area (Å²) in [6.07, 6.45) is 1.75. The van der Waals surface area contributed by atoms with Crippen LogP contribution in [-0.2, 0) is 0 Å². The molecule has 1 aromatic heterocycles. The van der Waals surface area contributed by atoms with Gasteiger partial charge in [0.15, 0.2) is 11.5 Å². The number of nitrogens with zero attached hydrogens (tertiary/aromatic N) is 2. The van der Waals surface area contributed by atoms with E-state index in [9.17, 15) is 0 Å². The summed E-state index contributed by atoms with van der Waals surface area (Å²) in [5.41, 5.74) is 2.89. The van der Waals surface area contributed by atoms with Crippen molar-refractivity contribution in [2.24, 2.45) is 0 Å². The van der Waals surface area contributed by atoms with Gasteiger partial charge in [0.1, 0.15) is 17.7 Å². The maximum Gasteiger partial charge on any atom is 0.226 e. The van der Waals surface area contributed by atoms with E-state index in [2.05, 4.69) is 22.3 Å². The van der Waals surface area contributed by atoms with E-state index in [1.54, 1.807) is 13.4 Å². The normalized spacial score (nSPS) is 16.2. The average molecular weight is 424 g/mol. The molecule has 0 aliphatic carbocycles. The van der Waals surface area contributed by atoms with E-state index in [0.29, 0.717) is 24.9 Å². The number of ether oxygens (including phenoxy) is 3. The third-order valence-electron chi connectivity index (χ3n) is 5.30. The first-order valence-corrected chi connectivity index (χ1v) is 10.7. The molecule has 7 heteroatoms. The van der Waals surface area contributed by atoms with Gasteiger partial charge >= 0.3 is 0 Å². The number of nitrogens with one attached hydrogen (secondary N) is 1. The van der Waals surface area contributed by atoms with E-state index in [1.165, 1.54) is 0 Å². The molecule has 1 fully saturated rings. The Morgan fingerprint density at radius 3 is 2.58 bits per heavy atom. The predicted octanol–water partition coefficient (Wildman–Crippen LogP) is 4.30. The van der Waals surface area contributed by atoms with E-state index in [1.807, 2.05) is 44.2 Å². The second kappa shape index (κ2) is 9.75. The van der Waals surface area contributed by atoms with Crippen molar-refractivity contribution in [3.63, 3.8) is 0 Å². The molecule has 164 valence electrons. The minimum atomic E-state index is 0.0775. The summed E-state index contributed by atoms with van der Waals surface area (Å²) in [6.45, 7) is 7.65. The van der Waals surface area contributed by atoms with E-state index in [-0.39, 0.29) is 6.04 Å². The van der Waals surface area contributed by atoms with Crippen molar-refractivity contribution in [1.82, 2.24) is 10.3 Å². The van der Waals surface area contributed by atoms with Crippen molar-refractivity contribution in [1.29, 1.82) is 0 Å². The molecular formula is C24H29N3O4. The van der Waals surface area contributed by atoms with E-state index in [4.69, 9.17) is 23.6 Å². The van der Waals surface area contributed by atoms with Gasteiger partial charge in [-0.25, -0.2) is 4.98 Å². The van der Waals surface area contributed by atoms with Crippen LogP contribution in [0.25, 0.3) is 11.5 Å². The van der Waals surface area contributed by atoms with Crippen LogP contribution < -0.4 is 24.4 Å². The van der Waals surface area contributed by atoms with Gasteiger partial charge in [-0.1, -0.05) is 0 Å². The molecule has 4 rings (SSSR count). The molecule has 0 bridgehead atoms. The van der Waals surface area contributed by atoms with Crippen LogP contribution in [0.3, 0.4) is 0 Å². The van der Waals surface area contributed by atoms with Crippen molar-refractivity contribution in [2.75, 3.05) is 44.9 Å². The molecule has 0 saturated carbocycles. The van der Waals surface area contributed by atoms with Crippen molar-refractivity contribution in [3.05, 3.63) is 54.4 Å². The second-order valence-corrected chi connectivity index (χ2v) is 7.22. The van der Waals surface area contributed by atoms with Crippen LogP contribution in [0.5, 0.6) is 17.2 Å². The zero-order valence-electron chi connectivity index (χ0n) is 18.3. The summed E-state index contributed by atoms with van der Waals surface area (Å²) in [7, 11) is 1.68. The lowest BCUT2D eigenvalue weighted by molar-refractivity contribution is 0.288. The van der Waals surface area contributed by atoms with Gasteiger partial charge in [-0.2, -0.15) is 0 Å². The third kappa shape index (κ3) is 4.61. The fraction of sp³-hybridized carbons (Fsp3) is 0.375. The number of methoxy groups -OCH3 is 1. The smallest absolute Gasteiger partial charge is 0.226 e. The molecule has 2 heterocycles. The van der Waals surface area contributed by atoms with Gasteiger partial charge in [-0.05, 0) is 56.3 Å². The SMILES string of the molecule is CCOc1ccc(-c2nc(C3CNCCN3c3ccc(OC)cc3)co2)cc1OCC. The van der Waals surface area contributed by atoms with Gasteiger partial charge in [0.05, 0.1) is 26.4 Å². The standard InChI is InChI=1S/C24H29N3O4/c1-4-29-22-11-6-17(14-23(22)30-5-2)24-26-20(16-31-24)21-15-25-12-13-27(21)18-7-9-19(28-3)10-8-18/h6-11,14,16,21,25H,4-5,12-13,15H2,1-3H3. The molecule has 1 atom stereocenters. The Hall–Kier alpha value is -3.19. The lowest BCUT2D eigenvalue weighted by Gasteiger charge is -2.37. The Morgan fingerprint density at radius 2 is 1.84 bits per heavy atom. The number of hydrogen-bond donors (Lipinski definition) is 1. The molecule has 31 heavy (non-hydrogen) atoms. The average Bonchev–Trinajstić information content (AvgIpc) is 3.31. The zero-order chi connectivity index (χ0) is 21.6. The van der Waals surface area contributed by atoms with Gasteiger partial charge < -0.3 is 28.8 Å². The Morgan fingerprint density at radius 1 is 1.06 bits per heavy atom. The molecule has 0 amide bonds. The van der Waals surface area contributed by atoms with Crippen LogP contribution >= 0.6 is 0 Å². The number of piperazine rings is 1. The Kier molecular flexibility index (Phi) is 6.62. The van der Waals surface area contributed by atoms with Crippen LogP contribution in [0.1, 0.15) is 25.6 Å². The number of benzene rings is 2. The Labute approximate surface area is 182 Å². The zero-order valence-corrected chi connectivity index (χ0v) is 18.3. The van der Waals surface area contributed by atoms with E-state index >= 15 is 0 Å². The van der Waals surface area contributed by atoms with Crippen molar-refractivity contribution in [2.45, 2.75) is 19.9 Å². The lowest BCUT2D eigenvalue weighted by Crippen LogP contribution is -2.46. The van der Waals surface area contributed by atoms with Crippen molar-refractivity contribution >= 4 is 5.69 Å². The van der Waals surface area contributed by atoms with Crippen LogP contribution in [0.4, 0.5) is 5.69 Å². The van der Waals surface area contributed by atoms with Gasteiger partial charge in [-0.3, -0.25) is 0 Å². The van der Waals surface area contributed by atoms with Crippen molar-refractivity contribution in [3.8, 4) is 28.7 Å². The molecule has 1 aliphatic heterocycles. The maximum absolute atomic E-state index is 5.88. The predicted molar refractivity (Wildman–Crippen MR) is 120 cm³/mol. The first-order chi connectivity index (χ1) is 15.2. The first-order valence-electron chi connectivity index (χ1n) is 10.7. The number of aromatic nitrogens is 1. The Balaban J connectivity index is 1.60. The van der Waals surface area contributed by atoms with Crippen LogP contribution in [0.15, 0.2) is 53.1 Å². The molecule has 1 N–H and O–H groups in total. The number of hydrogen-bond acceptors (Lipinski definition) is 7. The summed E-state index contributed by atoms with van der Waals surface area (Å²) >= 11 is 0. The number of anilines is 1. The summed E-state index contributed by atoms with van der Waals surface area (Å²) in [5.74, 6) is 2.84. The molecule has 2 aromatic carbocycles. The van der Waals surface area contributed by atoms with Crippen LogP contribution in [0.2, 0.25) is 0 Å². The minimum Gasteiger partial charge on any atom is -0.497 e. The summed E-state index contributed by atoms with van der Waals surface area (Å²) in [5, 5.41) is 3.47. The highest BCUT2D eigenvalue weighted by atomic mass is 16.5. The fourth-order valence-corrected chi connectivity index (χ4v) is 3.81. The largest absolute Gasteiger partial charge is 0.497 e. The quantitative estimate of drug-likeness (QED) is 0.579. The maximum atomic E-state index is 5.88. The molecular weight excluding hydrogens is 394 g/mol. The molecule has 3 aromatic rings. The molecule has 1 saturated heterocycles. The molecule has 0 spiro atoms. The summed E-state index contributed by atoms with van der Waals surface area (Å²) in [4.78, 5) is 7.17. The third-order valence-corrected chi connectivity index (χ3v) is 5.30. The Bertz CT molecular complexity index is 987. The lowest BCUT2D eigenvalue weighted by atomic mass is 10.1. The van der Waals surface area contributed by atoms with E-state index < -0.39 is 0 Å². The topological polar surface area (TPSA) is 69.0 Å². The summed E-state index contributed by atoms with van der Waals surface area (Å²) < 4.78 is 22.6. The van der Waals surface area contributed by atoms with Crippen LogP contribution in [0, 0.1) is 0 Å². The monoisotopic (exact) mass is 423 g/mol. The van der Waals surface area contributed by atoms with Crippen molar-refractivity contribution < 1.29 is 18.6 Å². The van der Waals surface area contributed by atoms with Gasteiger partial charge in [0.25, 0.3) is 0 Å². The highest BCUT2D eigenvalue weighted by Crippen LogP contribution is 2.34. The summed E-state index contributed by atoms with van der Waals surface area (Å²) in [6, 6.07) is 14.0. The molecule has 1 unspecified atom stereocenters. The van der Waals surface area contributed by atoms with E-state index in [0.717, 1.165) is 48.1 Å². The van der Waals surface area contributed by atoms with Crippen LogP contribution in [-0.4, -0.2) is 44.9 Å². The number of rotatable bonds is 8. The fourth-order valence-electron chi connectivity index (χ4n) is 3.81. The van der Waals surface area contributed by atoms with Gasteiger partial charge in [0.2, 0.25) is 5.89 Å². The highest BCUT2D eigenvalue weighted by Gasteiger charge is 2.27. The molecule has 1 aliphatic rings. The van der Waals surface area contributed by atoms with Gasteiger partial charge in [-0.15, -0.1) is 0 Å².